The van der Waals surface area contributed by atoms with Gasteiger partial charge in [-0.1, -0.05) is 15.9 Å². The van der Waals surface area contributed by atoms with Gasteiger partial charge in [0, 0.05) is 15.6 Å². The molecule has 0 amide bonds. The molecule has 1 atom stereocenters. The Bertz CT molecular complexity index is 397. The van der Waals surface area contributed by atoms with E-state index in [2.05, 4.69) is 47.2 Å². The van der Waals surface area contributed by atoms with Crippen LogP contribution in [0.5, 0.6) is 5.75 Å². The van der Waals surface area contributed by atoms with Gasteiger partial charge in [0.25, 0.3) is 0 Å². The Morgan fingerprint density at radius 1 is 1.44 bits per heavy atom. The predicted molar refractivity (Wildman–Crippen MR) is 70.0 cm³/mol. The average Bonchev–Trinajstić information content (AvgIpc) is 2.65. The summed E-state index contributed by atoms with van der Waals surface area (Å²) in [6, 6.07) is 4.27. The van der Waals surface area contributed by atoms with E-state index in [-0.39, 0.29) is 5.54 Å². The summed E-state index contributed by atoms with van der Waals surface area (Å²) in [5.74, 6) is 1.01. The summed E-state index contributed by atoms with van der Waals surface area (Å²) in [6.45, 7) is 5.43. The van der Waals surface area contributed by atoms with E-state index in [1.165, 1.54) is 24.0 Å². The second-order valence-electron chi connectivity index (χ2n) is 4.67. The van der Waals surface area contributed by atoms with Gasteiger partial charge in [-0.15, -0.1) is 0 Å². The van der Waals surface area contributed by atoms with E-state index < -0.39 is 0 Å². The van der Waals surface area contributed by atoms with Crippen LogP contribution in [0.15, 0.2) is 16.6 Å². The summed E-state index contributed by atoms with van der Waals surface area (Å²) in [5, 5.41) is 3.58. The van der Waals surface area contributed by atoms with Crippen LogP contribution < -0.4 is 10.1 Å². The van der Waals surface area contributed by atoms with Crippen LogP contribution in [0.3, 0.4) is 0 Å². The fraction of sp³-hybridized carbons (Fsp3) is 0.538. The van der Waals surface area contributed by atoms with Gasteiger partial charge in [-0.25, -0.2) is 0 Å². The highest BCUT2D eigenvalue weighted by Crippen LogP contribution is 2.39. The molecule has 1 saturated heterocycles. The average molecular weight is 284 g/mol. The Morgan fingerprint density at radius 2 is 2.19 bits per heavy atom. The summed E-state index contributed by atoms with van der Waals surface area (Å²) in [7, 11) is 1.75. The second kappa shape index (κ2) is 4.38. The first kappa shape index (κ1) is 11.9. The van der Waals surface area contributed by atoms with Crippen LogP contribution in [0.4, 0.5) is 0 Å². The number of hydrogen-bond donors (Lipinski definition) is 1. The Kier molecular flexibility index (Phi) is 3.27. The van der Waals surface area contributed by atoms with Gasteiger partial charge in [0.1, 0.15) is 5.75 Å². The number of nitrogens with one attached hydrogen (secondary N) is 1. The molecule has 1 aromatic carbocycles. The highest BCUT2D eigenvalue weighted by atomic mass is 79.9. The molecule has 1 unspecified atom stereocenters. The number of benzene rings is 1. The van der Waals surface area contributed by atoms with Gasteiger partial charge in [-0.2, -0.15) is 0 Å². The van der Waals surface area contributed by atoms with Crippen LogP contribution >= 0.6 is 15.9 Å². The van der Waals surface area contributed by atoms with E-state index in [0.717, 1.165) is 16.8 Å². The van der Waals surface area contributed by atoms with Crippen molar-refractivity contribution < 1.29 is 4.74 Å². The molecular formula is C13H18BrNO. The standard InChI is InChI=1S/C13H18BrNO/c1-9-7-10(14)8-11(12(9)16-3)13(2)5-4-6-15-13/h7-8,15H,4-6H2,1-3H3. The van der Waals surface area contributed by atoms with Gasteiger partial charge in [0.2, 0.25) is 0 Å². The molecule has 16 heavy (non-hydrogen) atoms. The van der Waals surface area contributed by atoms with Gasteiger partial charge < -0.3 is 10.1 Å². The van der Waals surface area contributed by atoms with Gasteiger partial charge in [0.15, 0.2) is 0 Å². The zero-order chi connectivity index (χ0) is 11.8. The van der Waals surface area contributed by atoms with Crippen molar-refractivity contribution in [3.63, 3.8) is 0 Å². The number of halogens is 1. The second-order valence-corrected chi connectivity index (χ2v) is 5.58. The number of methoxy groups -OCH3 is 1. The van der Waals surface area contributed by atoms with Gasteiger partial charge in [-0.3, -0.25) is 0 Å². The molecule has 0 radical (unpaired) electrons. The lowest BCUT2D eigenvalue weighted by Gasteiger charge is -2.28. The van der Waals surface area contributed by atoms with Crippen LogP contribution in [0.1, 0.15) is 30.9 Å². The van der Waals surface area contributed by atoms with Crippen molar-refractivity contribution in [2.75, 3.05) is 13.7 Å². The van der Waals surface area contributed by atoms with Crippen molar-refractivity contribution in [1.82, 2.24) is 5.32 Å². The number of aryl methyl sites for hydroxylation is 1. The van der Waals surface area contributed by atoms with Crippen molar-refractivity contribution in [3.8, 4) is 5.75 Å². The third-order valence-corrected chi connectivity index (χ3v) is 3.86. The summed E-state index contributed by atoms with van der Waals surface area (Å²) < 4.78 is 6.67. The minimum absolute atomic E-state index is 0.0554. The van der Waals surface area contributed by atoms with E-state index in [0.29, 0.717) is 0 Å². The third-order valence-electron chi connectivity index (χ3n) is 3.41. The molecule has 0 aromatic heterocycles. The highest BCUT2D eigenvalue weighted by Gasteiger charge is 2.33. The van der Waals surface area contributed by atoms with Crippen LogP contribution in [0.25, 0.3) is 0 Å². The fourth-order valence-electron chi connectivity index (χ4n) is 2.54. The van der Waals surface area contributed by atoms with Gasteiger partial charge in [0.05, 0.1) is 7.11 Å². The Balaban J connectivity index is 2.53. The van der Waals surface area contributed by atoms with E-state index in [9.17, 15) is 0 Å². The van der Waals surface area contributed by atoms with E-state index in [4.69, 9.17) is 4.74 Å². The molecule has 1 heterocycles. The van der Waals surface area contributed by atoms with E-state index in [1.807, 2.05) is 0 Å². The largest absolute Gasteiger partial charge is 0.496 e. The molecule has 0 saturated carbocycles. The lowest BCUT2D eigenvalue weighted by molar-refractivity contribution is 0.368. The zero-order valence-corrected chi connectivity index (χ0v) is 11.6. The summed E-state index contributed by atoms with van der Waals surface area (Å²) in [4.78, 5) is 0. The van der Waals surface area contributed by atoms with E-state index >= 15 is 0 Å². The molecule has 2 nitrogen and oxygen atoms in total. The van der Waals surface area contributed by atoms with Crippen LogP contribution in [0, 0.1) is 6.92 Å². The van der Waals surface area contributed by atoms with Crippen LogP contribution in [0.2, 0.25) is 0 Å². The summed E-state index contributed by atoms with van der Waals surface area (Å²) in [5.41, 5.74) is 2.50. The Hall–Kier alpha value is -0.540. The maximum Gasteiger partial charge on any atom is 0.126 e. The smallest absolute Gasteiger partial charge is 0.126 e. The first-order valence-corrected chi connectivity index (χ1v) is 6.46. The minimum Gasteiger partial charge on any atom is -0.496 e. The lowest BCUT2D eigenvalue weighted by atomic mass is 9.88. The van der Waals surface area contributed by atoms with Crippen molar-refractivity contribution in [1.29, 1.82) is 0 Å². The van der Waals surface area contributed by atoms with Crippen molar-refractivity contribution in [2.24, 2.45) is 0 Å². The molecule has 0 bridgehead atoms. The topological polar surface area (TPSA) is 21.3 Å². The SMILES string of the molecule is COc1c(C)cc(Br)cc1C1(C)CCCN1. The van der Waals surface area contributed by atoms with Gasteiger partial charge >= 0.3 is 0 Å². The molecule has 1 aliphatic rings. The Labute approximate surface area is 106 Å². The Morgan fingerprint density at radius 3 is 2.75 bits per heavy atom. The van der Waals surface area contributed by atoms with Gasteiger partial charge in [-0.05, 0) is 50.9 Å². The van der Waals surface area contributed by atoms with Crippen molar-refractivity contribution >= 4 is 15.9 Å². The molecular weight excluding hydrogens is 266 g/mol. The highest BCUT2D eigenvalue weighted by molar-refractivity contribution is 9.10. The minimum atomic E-state index is 0.0554. The molecule has 0 spiro atoms. The summed E-state index contributed by atoms with van der Waals surface area (Å²) in [6.07, 6.45) is 2.39. The van der Waals surface area contributed by atoms with Crippen molar-refractivity contribution in [3.05, 3.63) is 27.7 Å². The molecule has 1 aromatic rings. The fourth-order valence-corrected chi connectivity index (χ4v) is 3.11. The normalized spacial score (nSPS) is 24.8. The predicted octanol–water partition coefficient (Wildman–Crippen LogP) is 3.36. The molecule has 1 N–H and O–H groups in total. The molecule has 1 aliphatic heterocycles. The number of rotatable bonds is 2. The summed E-state index contributed by atoms with van der Waals surface area (Å²) >= 11 is 3.56. The molecule has 1 fully saturated rings. The lowest BCUT2D eigenvalue weighted by Crippen LogP contribution is -2.33. The molecule has 3 heteroatoms. The number of hydrogen-bond acceptors (Lipinski definition) is 2. The van der Waals surface area contributed by atoms with E-state index in [1.54, 1.807) is 7.11 Å². The maximum absolute atomic E-state index is 5.55. The quantitative estimate of drug-likeness (QED) is 0.899. The van der Waals surface area contributed by atoms with Crippen molar-refractivity contribution in [2.45, 2.75) is 32.2 Å². The number of ether oxygens (including phenoxy) is 1. The zero-order valence-electron chi connectivity index (χ0n) is 10.1. The maximum atomic E-state index is 5.55. The van der Waals surface area contributed by atoms with Crippen LogP contribution in [-0.4, -0.2) is 13.7 Å². The first-order valence-electron chi connectivity index (χ1n) is 5.66. The monoisotopic (exact) mass is 283 g/mol. The third kappa shape index (κ3) is 1.98. The molecule has 2 rings (SSSR count). The molecule has 0 aliphatic carbocycles. The van der Waals surface area contributed by atoms with Crippen LogP contribution in [-0.2, 0) is 5.54 Å². The molecule has 88 valence electrons. The first-order chi connectivity index (χ1) is 7.57.